The van der Waals surface area contributed by atoms with Crippen molar-refractivity contribution in [3.8, 4) is 11.5 Å². The van der Waals surface area contributed by atoms with Gasteiger partial charge in [-0.15, -0.1) is 0 Å². The number of rotatable bonds is 4. The number of phenolic OH excluding ortho intramolecular Hbond substituents is 2. The van der Waals surface area contributed by atoms with Gasteiger partial charge in [-0.3, -0.25) is 4.55 Å². The summed E-state index contributed by atoms with van der Waals surface area (Å²) in [6, 6.07) is 11.6. The molecular formula is C19H12Cl4O5S. The van der Waals surface area contributed by atoms with Gasteiger partial charge in [-0.05, 0) is 41.5 Å². The summed E-state index contributed by atoms with van der Waals surface area (Å²) in [7, 11) is -5.02. The molecule has 0 amide bonds. The van der Waals surface area contributed by atoms with Crippen molar-refractivity contribution in [2.75, 3.05) is 0 Å². The van der Waals surface area contributed by atoms with Crippen LogP contribution in [0.1, 0.15) is 16.7 Å². The third-order valence-electron chi connectivity index (χ3n) is 4.39. The van der Waals surface area contributed by atoms with Gasteiger partial charge >= 0.3 is 0 Å². The minimum atomic E-state index is -5.02. The Morgan fingerprint density at radius 3 is 1.93 bits per heavy atom. The molecule has 3 rings (SSSR count). The van der Waals surface area contributed by atoms with E-state index >= 15 is 0 Å². The molecule has 0 radical (unpaired) electrons. The molecule has 0 heterocycles. The lowest BCUT2D eigenvalue weighted by molar-refractivity contribution is 0.455. The molecule has 29 heavy (non-hydrogen) atoms. The summed E-state index contributed by atoms with van der Waals surface area (Å²) in [6.07, 6.45) is 0. The van der Waals surface area contributed by atoms with Crippen LogP contribution in [-0.2, 0) is 14.9 Å². The third-order valence-corrected chi connectivity index (χ3v) is 7.02. The van der Waals surface area contributed by atoms with Crippen LogP contribution in [0.4, 0.5) is 0 Å². The average molecular weight is 494 g/mol. The van der Waals surface area contributed by atoms with Crippen LogP contribution in [0, 0.1) is 0 Å². The van der Waals surface area contributed by atoms with E-state index in [0.29, 0.717) is 0 Å². The fourth-order valence-electron chi connectivity index (χ4n) is 3.16. The normalized spacial score (nSPS) is 13.8. The van der Waals surface area contributed by atoms with Crippen molar-refractivity contribution in [1.82, 2.24) is 0 Å². The zero-order valence-corrected chi connectivity index (χ0v) is 18.1. The van der Waals surface area contributed by atoms with Crippen molar-refractivity contribution in [3.63, 3.8) is 0 Å². The predicted octanol–water partition coefficient (Wildman–Crippen LogP) is 5.89. The topological polar surface area (TPSA) is 94.8 Å². The molecule has 3 aromatic rings. The van der Waals surface area contributed by atoms with Crippen molar-refractivity contribution in [2.24, 2.45) is 0 Å². The van der Waals surface area contributed by atoms with Crippen LogP contribution in [0.5, 0.6) is 11.5 Å². The van der Waals surface area contributed by atoms with Gasteiger partial charge in [0.25, 0.3) is 10.1 Å². The summed E-state index contributed by atoms with van der Waals surface area (Å²) in [5, 5.41) is 19.7. The molecule has 0 spiro atoms. The predicted molar refractivity (Wildman–Crippen MR) is 114 cm³/mol. The smallest absolute Gasteiger partial charge is 0.283 e. The highest BCUT2D eigenvalue weighted by atomic mass is 35.5. The Bertz CT molecular complexity index is 1210. The first-order valence-electron chi connectivity index (χ1n) is 7.89. The zero-order valence-electron chi connectivity index (χ0n) is 14.3. The van der Waals surface area contributed by atoms with Gasteiger partial charge < -0.3 is 10.2 Å². The number of phenols is 2. The summed E-state index contributed by atoms with van der Waals surface area (Å²) in [5.41, 5.74) is -0.209. The molecule has 152 valence electrons. The van der Waals surface area contributed by atoms with Crippen LogP contribution in [0.15, 0.2) is 54.6 Å². The summed E-state index contributed by atoms with van der Waals surface area (Å²) >= 11 is 24.3. The van der Waals surface area contributed by atoms with Crippen LogP contribution >= 0.6 is 46.4 Å². The molecule has 0 aliphatic rings. The van der Waals surface area contributed by atoms with Crippen LogP contribution < -0.4 is 0 Å². The van der Waals surface area contributed by atoms with Crippen molar-refractivity contribution >= 4 is 56.5 Å². The molecule has 0 aliphatic carbocycles. The van der Waals surface area contributed by atoms with E-state index in [-0.39, 0.29) is 42.5 Å². The Kier molecular flexibility index (Phi) is 5.98. The van der Waals surface area contributed by atoms with Gasteiger partial charge in [-0.2, -0.15) is 8.42 Å². The number of benzene rings is 3. The van der Waals surface area contributed by atoms with Crippen molar-refractivity contribution in [2.45, 2.75) is 4.75 Å². The van der Waals surface area contributed by atoms with E-state index in [1.807, 2.05) is 0 Å². The quantitative estimate of drug-likeness (QED) is 0.311. The van der Waals surface area contributed by atoms with Crippen molar-refractivity contribution in [1.29, 1.82) is 0 Å². The molecule has 0 saturated heterocycles. The van der Waals surface area contributed by atoms with E-state index in [2.05, 4.69) is 0 Å². The molecule has 0 bridgehead atoms. The highest BCUT2D eigenvalue weighted by Crippen LogP contribution is 2.49. The average Bonchev–Trinajstić information content (AvgIpc) is 2.62. The number of aromatic hydroxyl groups is 2. The van der Waals surface area contributed by atoms with Crippen LogP contribution in [-0.4, -0.2) is 23.2 Å². The fourth-order valence-corrected chi connectivity index (χ4v) is 5.28. The Labute approximate surface area is 186 Å². The minimum absolute atomic E-state index is 0.0258. The van der Waals surface area contributed by atoms with Gasteiger partial charge in [0.2, 0.25) is 0 Å². The van der Waals surface area contributed by atoms with Gasteiger partial charge in [0.1, 0.15) is 11.5 Å². The molecule has 1 atom stereocenters. The molecule has 3 aromatic carbocycles. The zero-order chi connectivity index (χ0) is 21.6. The monoisotopic (exact) mass is 492 g/mol. The van der Waals surface area contributed by atoms with Gasteiger partial charge in [0.15, 0.2) is 4.75 Å². The highest BCUT2D eigenvalue weighted by Gasteiger charge is 2.50. The summed E-state index contributed by atoms with van der Waals surface area (Å²) in [4.78, 5) is 0. The third kappa shape index (κ3) is 3.77. The van der Waals surface area contributed by atoms with Gasteiger partial charge in [0, 0.05) is 21.7 Å². The van der Waals surface area contributed by atoms with E-state index in [0.717, 1.165) is 18.2 Å². The molecule has 1 unspecified atom stereocenters. The second-order valence-electron chi connectivity index (χ2n) is 6.12. The van der Waals surface area contributed by atoms with Crippen LogP contribution in [0.3, 0.4) is 0 Å². The first-order chi connectivity index (χ1) is 13.5. The van der Waals surface area contributed by atoms with Crippen molar-refractivity contribution in [3.05, 3.63) is 91.4 Å². The van der Waals surface area contributed by atoms with Crippen LogP contribution in [0.2, 0.25) is 20.1 Å². The number of hydrogen-bond acceptors (Lipinski definition) is 4. The molecule has 0 saturated carbocycles. The first kappa shape index (κ1) is 22.0. The molecular weight excluding hydrogens is 482 g/mol. The molecule has 10 heteroatoms. The fraction of sp³-hybridized carbons (Fsp3) is 0.0526. The maximum Gasteiger partial charge on any atom is 0.283 e. The van der Waals surface area contributed by atoms with Crippen LogP contribution in [0.25, 0.3) is 0 Å². The lowest BCUT2D eigenvalue weighted by Gasteiger charge is -2.33. The van der Waals surface area contributed by atoms with Gasteiger partial charge in [0.05, 0.1) is 10.0 Å². The summed E-state index contributed by atoms with van der Waals surface area (Å²) < 4.78 is 34.0. The van der Waals surface area contributed by atoms with E-state index < -0.39 is 20.6 Å². The SMILES string of the molecule is O=S(=O)(O)C(c1cccc(Cl)c1)(c1ccc(Cl)c(O)c1)c1cc(Cl)c(O)cc1Cl. The Morgan fingerprint density at radius 2 is 1.34 bits per heavy atom. The number of halogens is 4. The molecule has 0 aliphatic heterocycles. The molecule has 0 fully saturated rings. The Hall–Kier alpha value is -1.67. The van der Waals surface area contributed by atoms with Crippen molar-refractivity contribution < 1.29 is 23.2 Å². The Morgan fingerprint density at radius 1 is 0.724 bits per heavy atom. The van der Waals surface area contributed by atoms with E-state index in [4.69, 9.17) is 46.4 Å². The molecule has 3 N–H and O–H groups in total. The maximum absolute atomic E-state index is 12.9. The number of hydrogen-bond donors (Lipinski definition) is 3. The van der Waals surface area contributed by atoms with Gasteiger partial charge in [-0.1, -0.05) is 64.6 Å². The second kappa shape index (κ2) is 7.87. The lowest BCUT2D eigenvalue weighted by Crippen LogP contribution is -2.38. The van der Waals surface area contributed by atoms with E-state index in [1.165, 1.54) is 36.4 Å². The Balaban J connectivity index is 2.58. The summed E-state index contributed by atoms with van der Waals surface area (Å²) in [6.45, 7) is 0. The molecule has 0 aromatic heterocycles. The highest BCUT2D eigenvalue weighted by molar-refractivity contribution is 7.87. The molecule has 5 nitrogen and oxygen atoms in total. The lowest BCUT2D eigenvalue weighted by atomic mass is 9.83. The largest absolute Gasteiger partial charge is 0.506 e. The maximum atomic E-state index is 12.9. The summed E-state index contributed by atoms with van der Waals surface area (Å²) in [5.74, 6) is -0.796. The first-order valence-corrected chi connectivity index (χ1v) is 10.8. The standard InChI is InChI=1S/C19H12Cl4O5S/c20-12-3-1-2-10(6-12)19(29(26,27)28,11-4-5-14(21)17(24)7-11)13-8-16(23)18(25)9-15(13)22/h1-9,24-25H,(H,26,27,28). The minimum Gasteiger partial charge on any atom is -0.506 e. The van der Waals surface area contributed by atoms with E-state index in [9.17, 15) is 23.2 Å². The van der Waals surface area contributed by atoms with Gasteiger partial charge in [-0.25, -0.2) is 0 Å². The second-order valence-corrected chi connectivity index (χ2v) is 9.34. The van der Waals surface area contributed by atoms with E-state index in [1.54, 1.807) is 0 Å².